The number of piperidine rings is 1. The molecule has 1 amide bonds. The van der Waals surface area contributed by atoms with Crippen LogP contribution in [0.2, 0.25) is 0 Å². The van der Waals surface area contributed by atoms with Crippen LogP contribution in [0.3, 0.4) is 0 Å². The molecule has 1 rings (SSSR count). The van der Waals surface area contributed by atoms with E-state index in [1.54, 1.807) is 0 Å². The van der Waals surface area contributed by atoms with E-state index in [0.29, 0.717) is 12.3 Å². The lowest BCUT2D eigenvalue weighted by atomic mass is 9.84. The quantitative estimate of drug-likeness (QED) is 0.742. The van der Waals surface area contributed by atoms with Crippen molar-refractivity contribution in [1.29, 1.82) is 0 Å². The zero-order chi connectivity index (χ0) is 11.3. The molecular formula is C12H24N2O. The van der Waals surface area contributed by atoms with Crippen LogP contribution in [-0.2, 0) is 4.79 Å². The first-order chi connectivity index (χ1) is 7.09. The molecule has 0 aromatic carbocycles. The van der Waals surface area contributed by atoms with Crippen molar-refractivity contribution in [3.63, 3.8) is 0 Å². The molecule has 0 aliphatic carbocycles. The number of amides is 1. The third-order valence-electron chi connectivity index (χ3n) is 3.15. The Morgan fingerprint density at radius 1 is 1.33 bits per heavy atom. The average Bonchev–Trinajstić information content (AvgIpc) is 2.17. The van der Waals surface area contributed by atoms with E-state index in [1.165, 1.54) is 12.8 Å². The summed E-state index contributed by atoms with van der Waals surface area (Å²) in [7, 11) is 0. The van der Waals surface area contributed by atoms with Crippen LogP contribution in [0.4, 0.5) is 0 Å². The summed E-state index contributed by atoms with van der Waals surface area (Å²) >= 11 is 0. The summed E-state index contributed by atoms with van der Waals surface area (Å²) in [6.07, 6.45) is 3.12. The molecule has 15 heavy (non-hydrogen) atoms. The minimum atomic E-state index is 0.205. The van der Waals surface area contributed by atoms with E-state index >= 15 is 0 Å². The highest BCUT2D eigenvalue weighted by atomic mass is 16.1. The molecule has 1 aliphatic heterocycles. The van der Waals surface area contributed by atoms with Crippen LogP contribution in [0.15, 0.2) is 0 Å². The summed E-state index contributed by atoms with van der Waals surface area (Å²) < 4.78 is 0. The second-order valence-corrected chi connectivity index (χ2v) is 4.99. The van der Waals surface area contributed by atoms with Gasteiger partial charge in [0.05, 0.1) is 0 Å². The fraction of sp³-hybridized carbons (Fsp3) is 0.917. The predicted molar refractivity (Wildman–Crippen MR) is 62.7 cm³/mol. The van der Waals surface area contributed by atoms with Crippen LogP contribution in [0, 0.1) is 11.8 Å². The monoisotopic (exact) mass is 212 g/mol. The van der Waals surface area contributed by atoms with Gasteiger partial charge in [0, 0.05) is 12.5 Å². The van der Waals surface area contributed by atoms with Gasteiger partial charge < -0.3 is 10.6 Å². The summed E-state index contributed by atoms with van der Waals surface area (Å²) in [5.41, 5.74) is 0. The second-order valence-electron chi connectivity index (χ2n) is 4.99. The third-order valence-corrected chi connectivity index (χ3v) is 3.15. The van der Waals surface area contributed by atoms with Crippen LogP contribution >= 0.6 is 0 Å². The molecule has 0 radical (unpaired) electrons. The highest BCUT2D eigenvalue weighted by Gasteiger charge is 2.21. The highest BCUT2D eigenvalue weighted by molar-refractivity contribution is 5.76. The Hall–Kier alpha value is -0.570. The van der Waals surface area contributed by atoms with Gasteiger partial charge >= 0.3 is 0 Å². The molecule has 88 valence electrons. The van der Waals surface area contributed by atoms with Crippen molar-refractivity contribution in [1.82, 2.24) is 10.6 Å². The Kier molecular flexibility index (Phi) is 5.09. The first-order valence-corrected chi connectivity index (χ1v) is 6.09. The Morgan fingerprint density at radius 3 is 2.47 bits per heavy atom. The lowest BCUT2D eigenvalue weighted by molar-refractivity contribution is -0.122. The van der Waals surface area contributed by atoms with Gasteiger partial charge in [-0.05, 0) is 51.6 Å². The van der Waals surface area contributed by atoms with E-state index < -0.39 is 0 Å². The normalized spacial score (nSPS) is 20.3. The topological polar surface area (TPSA) is 41.1 Å². The minimum absolute atomic E-state index is 0.205. The Balaban J connectivity index is 2.27. The van der Waals surface area contributed by atoms with Crippen molar-refractivity contribution in [3.05, 3.63) is 0 Å². The molecule has 1 aliphatic rings. The van der Waals surface area contributed by atoms with Gasteiger partial charge in [-0.25, -0.2) is 0 Å². The van der Waals surface area contributed by atoms with Gasteiger partial charge in [0.25, 0.3) is 0 Å². The van der Waals surface area contributed by atoms with Crippen molar-refractivity contribution in [2.45, 2.75) is 46.1 Å². The summed E-state index contributed by atoms with van der Waals surface area (Å²) in [4.78, 5) is 11.6. The minimum Gasteiger partial charge on any atom is -0.354 e. The third kappa shape index (κ3) is 4.65. The number of rotatable bonds is 4. The zero-order valence-corrected chi connectivity index (χ0v) is 10.2. The summed E-state index contributed by atoms with van der Waals surface area (Å²) in [5, 5.41) is 6.31. The molecule has 0 saturated carbocycles. The molecule has 0 bridgehead atoms. The molecule has 2 N–H and O–H groups in total. The van der Waals surface area contributed by atoms with Crippen LogP contribution in [0.5, 0.6) is 0 Å². The molecule has 1 unspecified atom stereocenters. The molecule has 1 saturated heterocycles. The smallest absolute Gasteiger partial charge is 0.220 e. The van der Waals surface area contributed by atoms with Crippen molar-refractivity contribution < 1.29 is 4.79 Å². The molecule has 3 nitrogen and oxygen atoms in total. The average molecular weight is 212 g/mol. The molecule has 1 fully saturated rings. The maximum absolute atomic E-state index is 11.6. The van der Waals surface area contributed by atoms with E-state index in [2.05, 4.69) is 17.6 Å². The van der Waals surface area contributed by atoms with Crippen LogP contribution in [0.25, 0.3) is 0 Å². The Morgan fingerprint density at radius 2 is 1.93 bits per heavy atom. The van der Waals surface area contributed by atoms with E-state index in [0.717, 1.165) is 19.0 Å². The van der Waals surface area contributed by atoms with Crippen molar-refractivity contribution in [2.75, 3.05) is 13.1 Å². The second kappa shape index (κ2) is 6.11. The zero-order valence-electron chi connectivity index (χ0n) is 10.2. The molecule has 0 spiro atoms. The summed E-state index contributed by atoms with van der Waals surface area (Å²) in [6, 6.07) is 0.262. The molecule has 3 heteroatoms. The fourth-order valence-corrected chi connectivity index (χ4v) is 2.25. The molecule has 0 aromatic heterocycles. The van der Waals surface area contributed by atoms with Gasteiger partial charge in [-0.2, -0.15) is 0 Å². The lowest BCUT2D eigenvalue weighted by Crippen LogP contribution is -2.35. The van der Waals surface area contributed by atoms with Gasteiger partial charge in [0.15, 0.2) is 0 Å². The first-order valence-electron chi connectivity index (χ1n) is 6.09. The Labute approximate surface area is 93.0 Å². The molecule has 1 heterocycles. The molecular weight excluding hydrogens is 188 g/mol. The van der Waals surface area contributed by atoms with Crippen LogP contribution in [-0.4, -0.2) is 25.0 Å². The molecule has 0 aromatic rings. The Bertz CT molecular complexity index is 198. The number of carbonyl (C=O) groups is 1. The highest BCUT2D eigenvalue weighted by Crippen LogP contribution is 2.24. The van der Waals surface area contributed by atoms with Crippen LogP contribution < -0.4 is 10.6 Å². The van der Waals surface area contributed by atoms with Gasteiger partial charge in [0.1, 0.15) is 0 Å². The lowest BCUT2D eigenvalue weighted by Gasteiger charge is -2.28. The van der Waals surface area contributed by atoms with Crippen molar-refractivity contribution in [2.24, 2.45) is 11.8 Å². The van der Waals surface area contributed by atoms with E-state index in [9.17, 15) is 4.79 Å². The van der Waals surface area contributed by atoms with E-state index in [1.807, 2.05) is 13.8 Å². The van der Waals surface area contributed by atoms with Crippen LogP contribution in [0.1, 0.15) is 40.0 Å². The summed E-state index contributed by atoms with van der Waals surface area (Å²) in [6.45, 7) is 8.44. The predicted octanol–water partition coefficient (Wildman–Crippen LogP) is 1.54. The fourth-order valence-electron chi connectivity index (χ4n) is 2.25. The van der Waals surface area contributed by atoms with E-state index in [-0.39, 0.29) is 11.9 Å². The first kappa shape index (κ1) is 12.5. The maximum atomic E-state index is 11.6. The number of hydrogen-bond donors (Lipinski definition) is 2. The standard InChI is InChI=1S/C12H24N2O/c1-9(2)14-12(15)8-10(3)11-4-6-13-7-5-11/h9-11,13H,4-8H2,1-3H3,(H,14,15). The van der Waals surface area contributed by atoms with E-state index in [4.69, 9.17) is 0 Å². The number of carbonyl (C=O) groups excluding carboxylic acids is 1. The maximum Gasteiger partial charge on any atom is 0.220 e. The molecule has 1 atom stereocenters. The number of hydrogen-bond acceptors (Lipinski definition) is 2. The summed E-state index contributed by atoms with van der Waals surface area (Å²) in [5.74, 6) is 1.45. The van der Waals surface area contributed by atoms with Gasteiger partial charge in [-0.15, -0.1) is 0 Å². The SMILES string of the molecule is CC(C)NC(=O)CC(C)C1CCNCC1. The number of nitrogens with one attached hydrogen (secondary N) is 2. The van der Waals surface area contributed by atoms with Gasteiger partial charge in [0.2, 0.25) is 5.91 Å². The largest absolute Gasteiger partial charge is 0.354 e. The van der Waals surface area contributed by atoms with Gasteiger partial charge in [-0.1, -0.05) is 6.92 Å². The van der Waals surface area contributed by atoms with Crippen molar-refractivity contribution in [3.8, 4) is 0 Å². The van der Waals surface area contributed by atoms with Gasteiger partial charge in [-0.3, -0.25) is 4.79 Å². The van der Waals surface area contributed by atoms with Crippen molar-refractivity contribution >= 4 is 5.91 Å².